The fourth-order valence-corrected chi connectivity index (χ4v) is 3.63. The number of hydroxylamine groups is 3. The van der Waals surface area contributed by atoms with Crippen molar-refractivity contribution < 1.29 is 29.5 Å². The highest BCUT2D eigenvalue weighted by Gasteiger charge is 2.46. The zero-order valence-electron chi connectivity index (χ0n) is 13.3. The van der Waals surface area contributed by atoms with Crippen LogP contribution in [0.5, 0.6) is 0 Å². The Morgan fingerprint density at radius 2 is 2.04 bits per heavy atom. The first-order chi connectivity index (χ1) is 11.5. The van der Waals surface area contributed by atoms with Crippen LogP contribution in [0.15, 0.2) is 0 Å². The van der Waals surface area contributed by atoms with Gasteiger partial charge in [-0.2, -0.15) is 0 Å². The number of likely N-dealkylation sites (tertiary alicyclic amines) is 1. The van der Waals surface area contributed by atoms with Crippen LogP contribution < -0.4 is 5.48 Å². The first-order valence-corrected chi connectivity index (χ1v) is 8.19. The number of nitrogens with one attached hydrogen (secondary N) is 1. The van der Waals surface area contributed by atoms with Crippen LogP contribution in [0.25, 0.3) is 0 Å². The predicted octanol–water partition coefficient (Wildman–Crippen LogP) is 0.225. The molecule has 1 unspecified atom stereocenters. The smallest absolute Gasteiger partial charge is 0.407 e. The van der Waals surface area contributed by atoms with Crippen LogP contribution in [-0.2, 0) is 9.63 Å². The second kappa shape index (κ2) is 6.81. The van der Waals surface area contributed by atoms with Gasteiger partial charge in [0.25, 0.3) is 5.91 Å². The van der Waals surface area contributed by atoms with Gasteiger partial charge in [0.2, 0.25) is 0 Å². The summed E-state index contributed by atoms with van der Waals surface area (Å²) in [7, 11) is 0. The van der Waals surface area contributed by atoms with Crippen LogP contribution in [0.3, 0.4) is 0 Å². The molecule has 0 aromatic rings. The number of carboxylic acid groups (broad SMARTS) is 1. The average Bonchev–Trinajstić information content (AvgIpc) is 2.79. The monoisotopic (exact) mass is 342 g/mol. The highest BCUT2D eigenvalue weighted by atomic mass is 16.7. The van der Waals surface area contributed by atoms with Crippen LogP contribution in [0.4, 0.5) is 9.59 Å². The molecular formula is C14H22N4O6. The maximum atomic E-state index is 12.2. The van der Waals surface area contributed by atoms with Crippen LogP contribution in [-0.4, -0.2) is 81.0 Å². The standard InChI is InChI=1S/C14H22N4O6/c19-12(11-5-4-9-7-17(11)13(20)18(9)23)15-24-8-10-3-1-2-6-16(10)14(21)22/h9-11,23H,1-8H2,(H,15,19)(H,21,22)/t9-,10?,11+/m1/s1. The third-order valence-electron chi connectivity index (χ3n) is 4.97. The normalized spacial score (nSPS) is 29.8. The maximum absolute atomic E-state index is 12.2. The van der Waals surface area contributed by atoms with Gasteiger partial charge in [-0.15, -0.1) is 0 Å². The lowest BCUT2D eigenvalue weighted by Gasteiger charge is -2.33. The minimum Gasteiger partial charge on any atom is -0.465 e. The molecule has 3 rings (SSSR count). The molecule has 0 spiro atoms. The van der Waals surface area contributed by atoms with Gasteiger partial charge >= 0.3 is 12.1 Å². The lowest BCUT2D eigenvalue weighted by atomic mass is 10.0. The first kappa shape index (κ1) is 16.8. The number of urea groups is 1. The highest BCUT2D eigenvalue weighted by molar-refractivity contribution is 5.87. The van der Waals surface area contributed by atoms with Crippen LogP contribution in [0.1, 0.15) is 32.1 Å². The molecule has 3 saturated heterocycles. The van der Waals surface area contributed by atoms with Crippen molar-refractivity contribution in [1.29, 1.82) is 0 Å². The summed E-state index contributed by atoms with van der Waals surface area (Å²) in [6, 6.07) is -1.78. The Hall–Kier alpha value is -2.07. The molecule has 10 heteroatoms. The van der Waals surface area contributed by atoms with E-state index in [-0.39, 0.29) is 18.7 Å². The fraction of sp³-hybridized carbons (Fsp3) is 0.786. The lowest BCUT2D eigenvalue weighted by Crippen LogP contribution is -2.51. The van der Waals surface area contributed by atoms with Gasteiger partial charge in [0, 0.05) is 13.1 Å². The molecule has 10 nitrogen and oxygen atoms in total. The van der Waals surface area contributed by atoms with E-state index in [9.17, 15) is 19.6 Å². The molecule has 3 N–H and O–H groups in total. The van der Waals surface area contributed by atoms with Crippen LogP contribution >= 0.6 is 0 Å². The first-order valence-electron chi connectivity index (χ1n) is 8.19. The number of rotatable bonds is 4. The van der Waals surface area contributed by atoms with Crippen molar-refractivity contribution in [3.05, 3.63) is 0 Å². The maximum Gasteiger partial charge on any atom is 0.407 e. The summed E-state index contributed by atoms with van der Waals surface area (Å²) in [6.45, 7) is 0.867. The van der Waals surface area contributed by atoms with Crippen molar-refractivity contribution >= 4 is 18.0 Å². The van der Waals surface area contributed by atoms with Gasteiger partial charge in [-0.25, -0.2) is 20.1 Å². The summed E-state index contributed by atoms with van der Waals surface area (Å²) in [5.74, 6) is -0.449. The molecule has 3 heterocycles. The topological polar surface area (TPSA) is 123 Å². The van der Waals surface area contributed by atoms with E-state index >= 15 is 0 Å². The number of hydrogen-bond acceptors (Lipinski definition) is 5. The molecule has 0 aromatic carbocycles. The summed E-state index contributed by atoms with van der Waals surface area (Å²) in [5, 5.41) is 19.5. The Bertz CT molecular complexity index is 529. The minimum atomic E-state index is -0.987. The molecule has 3 atom stereocenters. The summed E-state index contributed by atoms with van der Waals surface area (Å²) < 4.78 is 0. The summed E-state index contributed by atoms with van der Waals surface area (Å²) in [6.07, 6.45) is 2.45. The third-order valence-corrected chi connectivity index (χ3v) is 4.97. The van der Waals surface area contributed by atoms with E-state index < -0.39 is 24.1 Å². The molecule has 0 radical (unpaired) electrons. The van der Waals surface area contributed by atoms with Crippen molar-refractivity contribution in [1.82, 2.24) is 20.3 Å². The number of nitrogens with zero attached hydrogens (tertiary/aromatic N) is 3. The number of hydrogen-bond donors (Lipinski definition) is 3. The van der Waals surface area contributed by atoms with E-state index in [1.54, 1.807) is 0 Å². The van der Waals surface area contributed by atoms with Crippen LogP contribution in [0, 0.1) is 0 Å². The Balaban J connectivity index is 1.49. The van der Waals surface area contributed by atoms with E-state index in [2.05, 4.69) is 5.48 Å². The number of fused-ring (bicyclic) bond motifs is 2. The second-order valence-corrected chi connectivity index (χ2v) is 6.43. The minimum absolute atomic E-state index is 0.0768. The van der Waals surface area contributed by atoms with Gasteiger partial charge in [-0.1, -0.05) is 0 Å². The Labute approximate surface area is 138 Å². The molecular weight excluding hydrogens is 320 g/mol. The van der Waals surface area contributed by atoms with Gasteiger partial charge in [-0.05, 0) is 32.1 Å². The molecule has 24 heavy (non-hydrogen) atoms. The van der Waals surface area contributed by atoms with Gasteiger partial charge in [0.1, 0.15) is 6.04 Å². The molecule has 3 aliphatic rings. The highest BCUT2D eigenvalue weighted by Crippen LogP contribution is 2.28. The van der Waals surface area contributed by atoms with Gasteiger partial charge in [-0.3, -0.25) is 14.8 Å². The van der Waals surface area contributed by atoms with Crippen molar-refractivity contribution in [3.63, 3.8) is 0 Å². The molecule has 3 fully saturated rings. The van der Waals surface area contributed by atoms with Crippen molar-refractivity contribution in [3.8, 4) is 0 Å². The molecule has 4 amide bonds. The number of carbonyl (C=O) groups excluding carboxylic acids is 2. The number of piperidine rings is 2. The number of carbonyl (C=O) groups is 3. The molecule has 0 saturated carbocycles. The second-order valence-electron chi connectivity index (χ2n) is 6.43. The SMILES string of the molecule is O=C(NOCC1CCCCN1C(=O)O)[C@@H]1CC[C@@H]2CN1C(=O)N2O. The summed E-state index contributed by atoms with van der Waals surface area (Å²) in [5.41, 5.74) is 2.32. The van der Waals surface area contributed by atoms with Crippen molar-refractivity contribution in [2.45, 2.75) is 50.2 Å². The van der Waals surface area contributed by atoms with E-state index in [1.807, 2.05) is 0 Å². The average molecular weight is 342 g/mol. The van der Waals surface area contributed by atoms with Gasteiger partial charge < -0.3 is 14.9 Å². The summed E-state index contributed by atoms with van der Waals surface area (Å²) >= 11 is 0. The van der Waals surface area contributed by atoms with E-state index in [4.69, 9.17) is 9.94 Å². The Kier molecular flexibility index (Phi) is 4.76. The molecule has 2 bridgehead atoms. The molecule has 134 valence electrons. The Morgan fingerprint density at radius 1 is 1.25 bits per heavy atom. The summed E-state index contributed by atoms with van der Waals surface area (Å²) in [4.78, 5) is 43.1. The van der Waals surface area contributed by atoms with E-state index in [1.165, 1.54) is 9.80 Å². The number of amides is 4. The fourth-order valence-electron chi connectivity index (χ4n) is 3.63. The van der Waals surface area contributed by atoms with Gasteiger partial charge in [0.15, 0.2) is 0 Å². The largest absolute Gasteiger partial charge is 0.465 e. The van der Waals surface area contributed by atoms with E-state index in [0.717, 1.165) is 12.8 Å². The van der Waals surface area contributed by atoms with Crippen molar-refractivity contribution in [2.75, 3.05) is 19.7 Å². The molecule has 0 aliphatic carbocycles. The van der Waals surface area contributed by atoms with Gasteiger partial charge in [0.05, 0.1) is 18.7 Å². The zero-order valence-corrected chi connectivity index (χ0v) is 13.3. The van der Waals surface area contributed by atoms with Crippen LogP contribution in [0.2, 0.25) is 0 Å². The molecule has 0 aromatic heterocycles. The quantitative estimate of drug-likeness (QED) is 0.496. The zero-order chi connectivity index (χ0) is 17.3. The lowest BCUT2D eigenvalue weighted by molar-refractivity contribution is -0.140. The van der Waals surface area contributed by atoms with Crippen molar-refractivity contribution in [2.24, 2.45) is 0 Å². The van der Waals surface area contributed by atoms with E-state index in [0.29, 0.717) is 37.4 Å². The Morgan fingerprint density at radius 3 is 2.79 bits per heavy atom. The molecule has 3 aliphatic heterocycles. The third kappa shape index (κ3) is 3.11. The predicted molar refractivity (Wildman–Crippen MR) is 79.0 cm³/mol.